The van der Waals surface area contributed by atoms with Gasteiger partial charge in [-0.2, -0.15) is 0 Å². The van der Waals surface area contributed by atoms with Crippen LogP contribution in [0.5, 0.6) is 0 Å². The summed E-state index contributed by atoms with van der Waals surface area (Å²) in [5.74, 6) is 0. The van der Waals surface area contributed by atoms with E-state index in [1.165, 1.54) is 11.1 Å². The van der Waals surface area contributed by atoms with Gasteiger partial charge in [0.25, 0.3) is 0 Å². The Morgan fingerprint density at radius 1 is 0.750 bits per heavy atom. The van der Waals surface area contributed by atoms with Crippen molar-refractivity contribution < 1.29 is 0 Å². The molecule has 0 spiro atoms. The molecule has 0 aliphatic heterocycles. The van der Waals surface area contributed by atoms with Gasteiger partial charge in [-0.05, 0) is 24.0 Å². The summed E-state index contributed by atoms with van der Waals surface area (Å²) >= 11 is 0. The molecule has 0 saturated heterocycles. The number of benzene rings is 1. The van der Waals surface area contributed by atoms with E-state index in [0.717, 1.165) is 25.9 Å². The number of halogens is 1. The van der Waals surface area contributed by atoms with E-state index in [2.05, 4.69) is 55.9 Å². The van der Waals surface area contributed by atoms with Crippen LogP contribution in [-0.2, 0) is 12.8 Å². The van der Waals surface area contributed by atoms with Crippen LogP contribution in [0.15, 0.2) is 74.9 Å². The van der Waals surface area contributed by atoms with Crippen LogP contribution in [0, 0.1) is 0 Å². The first-order chi connectivity index (χ1) is 9.29. The molecule has 0 radical (unpaired) electrons. The van der Waals surface area contributed by atoms with Gasteiger partial charge in [0.15, 0.2) is 0 Å². The lowest BCUT2D eigenvalue weighted by Crippen LogP contribution is -2.11. The van der Waals surface area contributed by atoms with E-state index in [-0.39, 0.29) is 12.4 Å². The molecule has 0 heterocycles. The van der Waals surface area contributed by atoms with Gasteiger partial charge in [-0.1, -0.05) is 48.6 Å². The van der Waals surface area contributed by atoms with E-state index in [1.54, 1.807) is 0 Å². The summed E-state index contributed by atoms with van der Waals surface area (Å²) in [5.41, 5.74) is 2.71. The Balaban J connectivity index is 0. The highest BCUT2D eigenvalue weighted by molar-refractivity contribution is 5.85. The Kier molecular flexibility index (Phi) is 16.1. The van der Waals surface area contributed by atoms with Gasteiger partial charge in [-0.25, -0.2) is 0 Å². The quantitative estimate of drug-likeness (QED) is 0.549. The minimum absolute atomic E-state index is 0. The molecule has 0 saturated carbocycles. The van der Waals surface area contributed by atoms with Crippen molar-refractivity contribution >= 4 is 12.4 Å². The molecule has 0 bridgehead atoms. The maximum absolute atomic E-state index is 3.73. The second kappa shape index (κ2) is 15.5. The molecule has 0 aliphatic rings. The molecule has 0 aromatic heterocycles. The molecule has 1 aromatic carbocycles. The summed E-state index contributed by atoms with van der Waals surface area (Å²) in [6.45, 7) is 16.3. The van der Waals surface area contributed by atoms with Gasteiger partial charge in [0, 0.05) is 13.1 Å². The van der Waals surface area contributed by atoms with Crippen molar-refractivity contribution in [3.63, 3.8) is 0 Å². The highest BCUT2D eigenvalue weighted by Crippen LogP contribution is 2.10. The normalized spacial score (nSPS) is 8.40. The standard InChI is InChI=1S/C12H14.C6H11N.ClH/c1-3-7-11-9-5-6-10-12(11)8-4-2;1-3-5-7-6-4-2;/h3-6,9-10H,1-2,7-8H2;3-4,7H,1-2,5-6H2;1H. The second-order valence-electron chi connectivity index (χ2n) is 3.99. The van der Waals surface area contributed by atoms with Crippen LogP contribution in [0.1, 0.15) is 11.1 Å². The summed E-state index contributed by atoms with van der Waals surface area (Å²) in [5, 5.41) is 3.05. The van der Waals surface area contributed by atoms with Crippen LogP contribution in [-0.4, -0.2) is 13.1 Å². The number of hydrogen-bond donors (Lipinski definition) is 1. The lowest BCUT2D eigenvalue weighted by Gasteiger charge is -2.03. The first-order valence-electron chi connectivity index (χ1n) is 6.51. The Morgan fingerprint density at radius 3 is 1.45 bits per heavy atom. The Hall–Kier alpha value is -1.57. The second-order valence-corrected chi connectivity index (χ2v) is 3.99. The summed E-state index contributed by atoms with van der Waals surface area (Å²) < 4.78 is 0. The van der Waals surface area contributed by atoms with Gasteiger partial charge in [0.1, 0.15) is 0 Å². The molecular weight excluding hydrogens is 266 g/mol. The lowest BCUT2D eigenvalue weighted by molar-refractivity contribution is 0.845. The topological polar surface area (TPSA) is 12.0 Å². The van der Waals surface area contributed by atoms with E-state index >= 15 is 0 Å². The lowest BCUT2D eigenvalue weighted by atomic mass is 10.0. The Morgan fingerprint density at radius 2 is 1.15 bits per heavy atom. The molecule has 1 N–H and O–H groups in total. The average molecular weight is 292 g/mol. The zero-order valence-corrected chi connectivity index (χ0v) is 13.0. The van der Waals surface area contributed by atoms with Crippen molar-refractivity contribution in [2.75, 3.05) is 13.1 Å². The van der Waals surface area contributed by atoms with E-state index in [9.17, 15) is 0 Å². The predicted molar refractivity (Wildman–Crippen MR) is 94.8 cm³/mol. The zero-order chi connectivity index (χ0) is 14.3. The molecule has 2 heteroatoms. The molecular formula is C18H26ClN. The van der Waals surface area contributed by atoms with Crippen molar-refractivity contribution in [1.82, 2.24) is 5.32 Å². The number of rotatable bonds is 8. The Labute approximate surface area is 130 Å². The molecule has 20 heavy (non-hydrogen) atoms. The summed E-state index contributed by atoms with van der Waals surface area (Å²) in [6.07, 6.45) is 9.41. The fraction of sp³-hybridized carbons (Fsp3) is 0.222. The van der Waals surface area contributed by atoms with E-state index in [4.69, 9.17) is 0 Å². The average Bonchev–Trinajstić information content (AvgIpc) is 2.43. The van der Waals surface area contributed by atoms with Gasteiger partial charge < -0.3 is 5.32 Å². The highest BCUT2D eigenvalue weighted by Gasteiger charge is 1.96. The van der Waals surface area contributed by atoms with Gasteiger partial charge >= 0.3 is 0 Å². The molecule has 1 nitrogen and oxygen atoms in total. The largest absolute Gasteiger partial charge is 0.310 e. The van der Waals surface area contributed by atoms with Gasteiger partial charge in [0.05, 0.1) is 0 Å². The molecule has 1 rings (SSSR count). The third kappa shape index (κ3) is 10.4. The third-order valence-corrected chi connectivity index (χ3v) is 2.42. The molecule has 0 unspecified atom stereocenters. The monoisotopic (exact) mass is 291 g/mol. The minimum Gasteiger partial charge on any atom is -0.310 e. The highest BCUT2D eigenvalue weighted by atomic mass is 35.5. The fourth-order valence-electron chi connectivity index (χ4n) is 1.55. The maximum atomic E-state index is 3.73. The van der Waals surface area contributed by atoms with Crippen LogP contribution < -0.4 is 5.32 Å². The van der Waals surface area contributed by atoms with Crippen molar-refractivity contribution in [3.8, 4) is 0 Å². The van der Waals surface area contributed by atoms with Crippen molar-refractivity contribution in [2.45, 2.75) is 12.8 Å². The smallest absolute Gasteiger partial charge is 0.0135 e. The first kappa shape index (κ1) is 20.7. The van der Waals surface area contributed by atoms with Crippen molar-refractivity contribution in [2.24, 2.45) is 0 Å². The van der Waals surface area contributed by atoms with E-state index < -0.39 is 0 Å². The van der Waals surface area contributed by atoms with Crippen LogP contribution in [0.25, 0.3) is 0 Å². The number of hydrogen-bond acceptors (Lipinski definition) is 1. The molecule has 0 atom stereocenters. The van der Waals surface area contributed by atoms with Crippen molar-refractivity contribution in [1.29, 1.82) is 0 Å². The predicted octanol–water partition coefficient (Wildman–Crippen LogP) is 4.51. The first-order valence-corrected chi connectivity index (χ1v) is 6.51. The van der Waals surface area contributed by atoms with Crippen LogP contribution >= 0.6 is 12.4 Å². The van der Waals surface area contributed by atoms with Gasteiger partial charge in [0.2, 0.25) is 0 Å². The summed E-state index contributed by atoms with van der Waals surface area (Å²) in [6, 6.07) is 8.40. The van der Waals surface area contributed by atoms with Crippen LogP contribution in [0.2, 0.25) is 0 Å². The Bertz CT molecular complexity index is 359. The summed E-state index contributed by atoms with van der Waals surface area (Å²) in [4.78, 5) is 0. The number of nitrogens with one attached hydrogen (secondary N) is 1. The fourth-order valence-corrected chi connectivity index (χ4v) is 1.55. The van der Waals surface area contributed by atoms with Crippen LogP contribution in [0.3, 0.4) is 0 Å². The molecule has 1 aromatic rings. The number of allylic oxidation sites excluding steroid dienone is 2. The van der Waals surface area contributed by atoms with Crippen LogP contribution in [0.4, 0.5) is 0 Å². The van der Waals surface area contributed by atoms with E-state index in [1.807, 2.05) is 24.3 Å². The van der Waals surface area contributed by atoms with Crippen molar-refractivity contribution in [3.05, 3.63) is 86.0 Å². The molecule has 110 valence electrons. The summed E-state index contributed by atoms with van der Waals surface area (Å²) in [7, 11) is 0. The molecule has 0 fully saturated rings. The van der Waals surface area contributed by atoms with Gasteiger partial charge in [-0.3, -0.25) is 0 Å². The minimum atomic E-state index is 0. The SMILES string of the molecule is C=CCNCC=C.C=CCc1ccccc1CC=C.Cl. The van der Waals surface area contributed by atoms with Gasteiger partial charge in [-0.15, -0.1) is 38.7 Å². The molecule has 0 aliphatic carbocycles. The third-order valence-electron chi connectivity index (χ3n) is 2.42. The molecule has 0 amide bonds. The zero-order valence-electron chi connectivity index (χ0n) is 12.2. The van der Waals surface area contributed by atoms with E-state index in [0.29, 0.717) is 0 Å². The maximum Gasteiger partial charge on any atom is 0.0135 e.